The van der Waals surface area contributed by atoms with E-state index in [4.69, 9.17) is 4.74 Å². The van der Waals surface area contributed by atoms with Crippen LogP contribution >= 0.6 is 0 Å². The molecule has 2 aromatic rings. The smallest absolute Gasteiger partial charge is 0.245 e. The summed E-state index contributed by atoms with van der Waals surface area (Å²) < 4.78 is 5.24. The molecule has 3 atom stereocenters. The molecule has 0 unspecified atom stereocenters. The highest BCUT2D eigenvalue weighted by Gasteiger charge is 2.32. The van der Waals surface area contributed by atoms with Crippen molar-refractivity contribution < 1.29 is 28.7 Å². The maximum absolute atomic E-state index is 13.8. The van der Waals surface area contributed by atoms with E-state index in [1.165, 1.54) is 11.9 Å². The van der Waals surface area contributed by atoms with E-state index in [1.807, 2.05) is 26.0 Å². The average Bonchev–Trinajstić information content (AvgIpc) is 3.04. The second-order valence-electron chi connectivity index (χ2n) is 12.1. The Balaban J connectivity index is 1.83. The quantitative estimate of drug-likeness (QED) is 0.420. The van der Waals surface area contributed by atoms with Crippen LogP contribution in [0.3, 0.4) is 0 Å². The molecule has 1 aromatic carbocycles. The summed E-state index contributed by atoms with van der Waals surface area (Å²) in [7, 11) is 3.10. The van der Waals surface area contributed by atoms with Gasteiger partial charge in [-0.25, -0.2) is 0 Å². The predicted molar refractivity (Wildman–Crippen MR) is 174 cm³/mol. The summed E-state index contributed by atoms with van der Waals surface area (Å²) >= 11 is 0. The van der Waals surface area contributed by atoms with E-state index in [1.54, 1.807) is 55.6 Å². The number of benzene rings is 1. The molecule has 1 aliphatic heterocycles. The Morgan fingerprint density at radius 3 is 2.26 bits per heavy atom. The van der Waals surface area contributed by atoms with Crippen molar-refractivity contribution in [2.45, 2.75) is 77.4 Å². The largest absolute Gasteiger partial charge is 0.497 e. The molecule has 0 saturated carbocycles. The molecular formula is C34H48N6O6. The van der Waals surface area contributed by atoms with E-state index in [0.717, 1.165) is 11.1 Å². The number of nitrogens with one attached hydrogen (secondary N) is 3. The molecule has 12 nitrogen and oxygen atoms in total. The van der Waals surface area contributed by atoms with E-state index in [9.17, 15) is 24.0 Å². The van der Waals surface area contributed by atoms with Gasteiger partial charge in [0.2, 0.25) is 29.5 Å². The fourth-order valence-corrected chi connectivity index (χ4v) is 5.26. The van der Waals surface area contributed by atoms with Crippen LogP contribution in [0.5, 0.6) is 5.75 Å². The van der Waals surface area contributed by atoms with Crippen molar-refractivity contribution in [3.63, 3.8) is 0 Å². The average molecular weight is 637 g/mol. The molecule has 1 aliphatic rings. The first-order chi connectivity index (χ1) is 22.0. The standard InChI is InChI=1S/C34H48N6O6/c1-23(2)20-28-33(44)38-29(21-25-9-11-27(46-5)12-10-25)34(45)39(4)24(3)32(43)36-15-7-19-40(18-6-8-30(41)37-28)31(42)22-26-13-16-35-17-14-26/h9-14,16-17,23-24,28-29H,6-8,15,18-22H2,1-5H3,(H,36,43)(H,37,41)(H,38,44)/t24-,28+,29-/m0/s1. The Morgan fingerprint density at radius 1 is 0.935 bits per heavy atom. The lowest BCUT2D eigenvalue weighted by molar-refractivity contribution is -0.141. The number of pyridine rings is 1. The summed E-state index contributed by atoms with van der Waals surface area (Å²) in [6.45, 7) is 6.56. The molecule has 1 aromatic heterocycles. The lowest BCUT2D eigenvalue weighted by Gasteiger charge is -2.30. The van der Waals surface area contributed by atoms with Crippen LogP contribution in [0.1, 0.15) is 57.6 Å². The van der Waals surface area contributed by atoms with Crippen molar-refractivity contribution >= 4 is 29.5 Å². The van der Waals surface area contributed by atoms with Gasteiger partial charge >= 0.3 is 0 Å². The van der Waals surface area contributed by atoms with Crippen LogP contribution in [-0.4, -0.2) is 96.2 Å². The predicted octanol–water partition coefficient (Wildman–Crippen LogP) is 1.87. The first kappa shape index (κ1) is 36.0. The Bertz CT molecular complexity index is 1320. The van der Waals surface area contributed by atoms with Crippen LogP contribution < -0.4 is 20.7 Å². The van der Waals surface area contributed by atoms with Crippen molar-refractivity contribution in [3.8, 4) is 5.75 Å². The van der Waals surface area contributed by atoms with Crippen LogP contribution in [-0.2, 0) is 36.8 Å². The summed E-state index contributed by atoms with van der Waals surface area (Å²) in [6, 6.07) is 8.09. The second kappa shape index (κ2) is 17.9. The third kappa shape index (κ3) is 11.1. The van der Waals surface area contributed by atoms with Gasteiger partial charge in [-0.2, -0.15) is 0 Å². The number of carbonyl (C=O) groups is 5. The van der Waals surface area contributed by atoms with E-state index in [0.29, 0.717) is 44.6 Å². The molecule has 12 heteroatoms. The molecule has 1 fully saturated rings. The highest BCUT2D eigenvalue weighted by atomic mass is 16.5. The molecule has 3 rings (SSSR count). The molecule has 0 aliphatic carbocycles. The number of aromatic nitrogens is 1. The fraction of sp³-hybridized carbons (Fsp3) is 0.529. The van der Waals surface area contributed by atoms with Gasteiger partial charge in [-0.15, -0.1) is 0 Å². The van der Waals surface area contributed by atoms with Gasteiger partial charge in [-0.3, -0.25) is 29.0 Å². The summed E-state index contributed by atoms with van der Waals surface area (Å²) in [5.41, 5.74) is 1.62. The van der Waals surface area contributed by atoms with Gasteiger partial charge in [0.15, 0.2) is 0 Å². The molecule has 3 N–H and O–H groups in total. The number of methoxy groups -OCH3 is 1. The zero-order chi connectivity index (χ0) is 33.6. The maximum Gasteiger partial charge on any atom is 0.245 e. The van der Waals surface area contributed by atoms with E-state index in [2.05, 4.69) is 20.9 Å². The lowest BCUT2D eigenvalue weighted by atomic mass is 10.00. The van der Waals surface area contributed by atoms with E-state index in [-0.39, 0.29) is 42.9 Å². The molecule has 46 heavy (non-hydrogen) atoms. The van der Waals surface area contributed by atoms with Gasteiger partial charge < -0.3 is 30.5 Å². The minimum absolute atomic E-state index is 0.0809. The van der Waals surface area contributed by atoms with Crippen LogP contribution in [0, 0.1) is 5.92 Å². The highest BCUT2D eigenvalue weighted by Crippen LogP contribution is 2.15. The maximum atomic E-state index is 13.8. The van der Waals surface area contributed by atoms with Crippen molar-refractivity contribution in [3.05, 3.63) is 59.9 Å². The minimum Gasteiger partial charge on any atom is -0.497 e. The number of rotatable bonds is 7. The van der Waals surface area contributed by atoms with Crippen molar-refractivity contribution in [2.75, 3.05) is 33.8 Å². The first-order valence-electron chi connectivity index (χ1n) is 15.9. The molecule has 0 bridgehead atoms. The number of carbonyl (C=O) groups excluding carboxylic acids is 5. The molecule has 0 radical (unpaired) electrons. The van der Waals surface area contributed by atoms with Gasteiger partial charge in [0.25, 0.3) is 0 Å². The van der Waals surface area contributed by atoms with Gasteiger partial charge in [0.05, 0.1) is 13.5 Å². The molecule has 5 amide bonds. The van der Waals surface area contributed by atoms with Gasteiger partial charge in [0.1, 0.15) is 23.9 Å². The fourth-order valence-electron chi connectivity index (χ4n) is 5.26. The normalized spacial score (nSPS) is 21.1. The molecule has 0 spiro atoms. The van der Waals surface area contributed by atoms with Crippen LogP contribution in [0.25, 0.3) is 0 Å². The van der Waals surface area contributed by atoms with Crippen LogP contribution in [0.4, 0.5) is 0 Å². The Morgan fingerprint density at radius 2 is 1.61 bits per heavy atom. The third-order valence-corrected chi connectivity index (χ3v) is 8.07. The minimum atomic E-state index is -0.980. The number of hydrogen-bond acceptors (Lipinski definition) is 7. The third-order valence-electron chi connectivity index (χ3n) is 8.07. The summed E-state index contributed by atoms with van der Waals surface area (Å²) in [4.78, 5) is 73.8. The number of ether oxygens (including phenoxy) is 1. The van der Waals surface area contributed by atoms with Gasteiger partial charge in [-0.05, 0) is 67.5 Å². The Labute approximate surface area is 271 Å². The van der Waals surface area contributed by atoms with Crippen LogP contribution in [0.2, 0.25) is 0 Å². The van der Waals surface area contributed by atoms with Crippen molar-refractivity contribution in [2.24, 2.45) is 5.92 Å². The molecule has 2 heterocycles. The van der Waals surface area contributed by atoms with E-state index >= 15 is 0 Å². The Kier molecular flexibility index (Phi) is 14.0. The molecule has 1 saturated heterocycles. The van der Waals surface area contributed by atoms with Gasteiger partial charge in [-0.1, -0.05) is 26.0 Å². The molecule has 250 valence electrons. The monoisotopic (exact) mass is 636 g/mol. The Hall–Kier alpha value is -4.48. The van der Waals surface area contributed by atoms with Crippen molar-refractivity contribution in [1.82, 2.24) is 30.7 Å². The number of amides is 5. The second-order valence-corrected chi connectivity index (χ2v) is 12.1. The number of hydrogen-bond donors (Lipinski definition) is 3. The number of likely N-dealkylation sites (N-methyl/N-ethyl adjacent to an activating group) is 1. The SMILES string of the molecule is COc1ccc(C[C@@H]2NC(=O)[C@@H](CC(C)C)NC(=O)CCCN(C(=O)Cc3ccncc3)CCCNC(=O)[C@H](C)N(C)C2=O)cc1. The zero-order valence-electron chi connectivity index (χ0n) is 27.6. The summed E-state index contributed by atoms with van der Waals surface area (Å²) in [6.07, 6.45) is 5.02. The lowest BCUT2D eigenvalue weighted by Crippen LogP contribution is -2.57. The summed E-state index contributed by atoms with van der Waals surface area (Å²) in [5.74, 6) is -0.911. The van der Waals surface area contributed by atoms with E-state index < -0.39 is 29.9 Å². The van der Waals surface area contributed by atoms with Crippen molar-refractivity contribution in [1.29, 1.82) is 0 Å². The molecular weight excluding hydrogens is 588 g/mol. The summed E-state index contributed by atoms with van der Waals surface area (Å²) in [5, 5.41) is 8.60. The topological polar surface area (TPSA) is 150 Å². The highest BCUT2D eigenvalue weighted by molar-refractivity contribution is 5.94. The first-order valence-corrected chi connectivity index (χ1v) is 15.9. The zero-order valence-corrected chi connectivity index (χ0v) is 27.6. The van der Waals surface area contributed by atoms with Gasteiger partial charge in [0, 0.05) is 51.9 Å². The number of nitrogens with zero attached hydrogens (tertiary/aromatic N) is 3. The van der Waals surface area contributed by atoms with Crippen LogP contribution in [0.15, 0.2) is 48.8 Å².